The fraction of sp³-hybridized carbons (Fsp3) is 0.462. The van der Waals surface area contributed by atoms with Crippen LogP contribution in [0.25, 0.3) is 0 Å². The van der Waals surface area contributed by atoms with Gasteiger partial charge in [0, 0.05) is 22.6 Å². The van der Waals surface area contributed by atoms with E-state index in [-0.39, 0.29) is 17.9 Å². The number of benzene rings is 1. The minimum atomic E-state index is -0.202. The molecular formula is C13H16Cl2N2O2. The maximum Gasteiger partial charge on any atom is 0.311 e. The highest BCUT2D eigenvalue weighted by atomic mass is 35.5. The van der Waals surface area contributed by atoms with Crippen LogP contribution in [0.2, 0.25) is 10.0 Å². The summed E-state index contributed by atoms with van der Waals surface area (Å²) in [6.07, 6.45) is 0.645. The average molecular weight is 303 g/mol. The van der Waals surface area contributed by atoms with Crippen LogP contribution in [0, 0.1) is 5.92 Å². The number of hydrogen-bond acceptors (Lipinski definition) is 4. The maximum atomic E-state index is 11.8. The highest BCUT2D eigenvalue weighted by Crippen LogP contribution is 2.24. The van der Waals surface area contributed by atoms with Gasteiger partial charge < -0.3 is 4.74 Å². The molecule has 6 heteroatoms. The first-order chi connectivity index (χ1) is 9.11. The monoisotopic (exact) mass is 302 g/mol. The van der Waals surface area contributed by atoms with Crippen molar-refractivity contribution < 1.29 is 9.53 Å². The van der Waals surface area contributed by atoms with Crippen LogP contribution in [0.3, 0.4) is 0 Å². The predicted molar refractivity (Wildman–Crippen MR) is 75.2 cm³/mol. The number of hydrazine groups is 1. The fourth-order valence-corrected chi connectivity index (χ4v) is 2.64. The van der Waals surface area contributed by atoms with Crippen molar-refractivity contribution in [3.05, 3.63) is 33.8 Å². The summed E-state index contributed by atoms with van der Waals surface area (Å²) in [5.41, 5.74) is 7.05. The van der Waals surface area contributed by atoms with E-state index in [1.807, 2.05) is 6.07 Å². The summed E-state index contributed by atoms with van der Waals surface area (Å²) in [6.45, 7) is 2.76. The number of esters is 1. The minimum absolute atomic E-state index is 0.0299. The SMILES string of the molecule is CCOC(=O)C1CNNC1Cc1ccc(Cl)cc1Cl. The molecule has 2 unspecified atom stereocenters. The number of halogens is 2. The normalized spacial score (nSPS) is 22.5. The topological polar surface area (TPSA) is 50.4 Å². The Hall–Kier alpha value is -0.810. The number of carbonyl (C=O) groups is 1. The van der Waals surface area contributed by atoms with E-state index in [1.54, 1.807) is 19.1 Å². The van der Waals surface area contributed by atoms with E-state index in [0.717, 1.165) is 5.56 Å². The van der Waals surface area contributed by atoms with E-state index in [4.69, 9.17) is 27.9 Å². The van der Waals surface area contributed by atoms with Crippen molar-refractivity contribution in [3.63, 3.8) is 0 Å². The van der Waals surface area contributed by atoms with Crippen LogP contribution in [0.5, 0.6) is 0 Å². The molecule has 1 aliphatic heterocycles. The molecule has 1 aromatic rings. The van der Waals surface area contributed by atoms with Crippen molar-refractivity contribution in [2.45, 2.75) is 19.4 Å². The molecule has 1 saturated heterocycles. The lowest BCUT2D eigenvalue weighted by molar-refractivity contribution is -0.147. The van der Waals surface area contributed by atoms with E-state index < -0.39 is 0 Å². The van der Waals surface area contributed by atoms with Gasteiger partial charge >= 0.3 is 5.97 Å². The molecule has 1 aromatic carbocycles. The summed E-state index contributed by atoms with van der Waals surface area (Å²) in [4.78, 5) is 11.8. The quantitative estimate of drug-likeness (QED) is 0.837. The van der Waals surface area contributed by atoms with Crippen molar-refractivity contribution in [2.24, 2.45) is 5.92 Å². The molecular weight excluding hydrogens is 287 g/mol. The molecule has 2 rings (SSSR count). The predicted octanol–water partition coefficient (Wildman–Crippen LogP) is 2.19. The van der Waals surface area contributed by atoms with Crippen LogP contribution < -0.4 is 10.9 Å². The summed E-state index contributed by atoms with van der Waals surface area (Å²) in [7, 11) is 0. The molecule has 0 aromatic heterocycles. The number of rotatable bonds is 4. The Bertz CT molecular complexity index is 468. The van der Waals surface area contributed by atoms with Crippen LogP contribution in [0.4, 0.5) is 0 Å². The Morgan fingerprint density at radius 2 is 2.26 bits per heavy atom. The van der Waals surface area contributed by atoms with E-state index in [9.17, 15) is 4.79 Å². The molecule has 0 radical (unpaired) electrons. The van der Waals surface area contributed by atoms with Gasteiger partial charge in [0.2, 0.25) is 0 Å². The molecule has 1 aliphatic rings. The van der Waals surface area contributed by atoms with Gasteiger partial charge in [-0.25, -0.2) is 0 Å². The molecule has 1 fully saturated rings. The van der Waals surface area contributed by atoms with Crippen molar-refractivity contribution >= 4 is 29.2 Å². The summed E-state index contributed by atoms with van der Waals surface area (Å²) < 4.78 is 5.07. The van der Waals surface area contributed by atoms with Crippen molar-refractivity contribution in [1.82, 2.24) is 10.9 Å². The number of ether oxygens (including phenoxy) is 1. The van der Waals surface area contributed by atoms with Gasteiger partial charge in [-0.15, -0.1) is 0 Å². The zero-order chi connectivity index (χ0) is 13.8. The van der Waals surface area contributed by atoms with Gasteiger partial charge in [0.15, 0.2) is 0 Å². The third-order valence-electron chi connectivity index (χ3n) is 3.14. The summed E-state index contributed by atoms with van der Waals surface area (Å²) in [5, 5.41) is 1.22. The summed E-state index contributed by atoms with van der Waals surface area (Å²) >= 11 is 12.0. The molecule has 0 saturated carbocycles. The first-order valence-corrected chi connectivity index (χ1v) is 6.96. The maximum absolute atomic E-state index is 11.8. The molecule has 0 bridgehead atoms. The van der Waals surface area contributed by atoms with Gasteiger partial charge in [-0.1, -0.05) is 29.3 Å². The van der Waals surface area contributed by atoms with Crippen molar-refractivity contribution in [1.29, 1.82) is 0 Å². The average Bonchev–Trinajstić information content (AvgIpc) is 2.81. The molecule has 0 spiro atoms. The van der Waals surface area contributed by atoms with Crippen LogP contribution in [-0.4, -0.2) is 25.2 Å². The lowest BCUT2D eigenvalue weighted by Crippen LogP contribution is -2.36. The zero-order valence-electron chi connectivity index (χ0n) is 10.6. The van der Waals surface area contributed by atoms with Crippen LogP contribution >= 0.6 is 23.2 Å². The van der Waals surface area contributed by atoms with Gasteiger partial charge in [-0.3, -0.25) is 15.6 Å². The Balaban J connectivity index is 2.07. The van der Waals surface area contributed by atoms with Gasteiger partial charge in [0.25, 0.3) is 0 Å². The smallest absolute Gasteiger partial charge is 0.311 e. The van der Waals surface area contributed by atoms with E-state index in [1.165, 1.54) is 0 Å². The Morgan fingerprint density at radius 3 is 2.95 bits per heavy atom. The molecule has 2 atom stereocenters. The minimum Gasteiger partial charge on any atom is -0.466 e. The van der Waals surface area contributed by atoms with Crippen LogP contribution in [0.15, 0.2) is 18.2 Å². The molecule has 19 heavy (non-hydrogen) atoms. The number of nitrogens with one attached hydrogen (secondary N) is 2. The van der Waals surface area contributed by atoms with E-state index >= 15 is 0 Å². The van der Waals surface area contributed by atoms with Gasteiger partial charge in [-0.2, -0.15) is 0 Å². The third-order valence-corrected chi connectivity index (χ3v) is 3.73. The third kappa shape index (κ3) is 3.60. The lowest BCUT2D eigenvalue weighted by Gasteiger charge is -2.17. The Labute approximate surface area is 122 Å². The van der Waals surface area contributed by atoms with E-state index in [0.29, 0.717) is 29.6 Å². The molecule has 104 valence electrons. The standard InChI is InChI=1S/C13H16Cl2N2O2/c1-2-19-13(18)10-7-16-17-12(10)5-8-3-4-9(14)6-11(8)15/h3-4,6,10,12,16-17H,2,5,7H2,1H3. The summed E-state index contributed by atoms with van der Waals surface area (Å²) in [5.74, 6) is -0.387. The molecule has 4 nitrogen and oxygen atoms in total. The van der Waals surface area contributed by atoms with Gasteiger partial charge in [0.05, 0.1) is 12.5 Å². The van der Waals surface area contributed by atoms with E-state index in [2.05, 4.69) is 10.9 Å². The number of hydrogen-bond donors (Lipinski definition) is 2. The molecule has 1 heterocycles. The highest BCUT2D eigenvalue weighted by Gasteiger charge is 2.34. The van der Waals surface area contributed by atoms with Crippen LogP contribution in [-0.2, 0) is 16.0 Å². The zero-order valence-corrected chi connectivity index (χ0v) is 12.1. The first kappa shape index (κ1) is 14.6. The van der Waals surface area contributed by atoms with Crippen molar-refractivity contribution in [3.8, 4) is 0 Å². The molecule has 0 amide bonds. The molecule has 0 aliphatic carbocycles. The van der Waals surface area contributed by atoms with Gasteiger partial charge in [-0.05, 0) is 31.0 Å². The second kappa shape index (κ2) is 6.57. The largest absolute Gasteiger partial charge is 0.466 e. The van der Waals surface area contributed by atoms with Crippen molar-refractivity contribution in [2.75, 3.05) is 13.2 Å². The van der Waals surface area contributed by atoms with Crippen LogP contribution in [0.1, 0.15) is 12.5 Å². The second-order valence-electron chi connectivity index (χ2n) is 4.43. The Kier molecular flexibility index (Phi) is 5.05. The highest BCUT2D eigenvalue weighted by molar-refractivity contribution is 6.35. The van der Waals surface area contributed by atoms with Gasteiger partial charge in [0.1, 0.15) is 0 Å². The molecule has 2 N–H and O–H groups in total. The first-order valence-electron chi connectivity index (χ1n) is 6.20. The summed E-state index contributed by atoms with van der Waals surface area (Å²) in [6, 6.07) is 5.36. The Morgan fingerprint density at radius 1 is 1.47 bits per heavy atom. The lowest BCUT2D eigenvalue weighted by atomic mass is 9.95. The number of carbonyl (C=O) groups excluding carboxylic acids is 1. The second-order valence-corrected chi connectivity index (χ2v) is 5.27. The fourth-order valence-electron chi connectivity index (χ4n) is 2.16.